The fourth-order valence-corrected chi connectivity index (χ4v) is 2.27. The minimum absolute atomic E-state index is 0.0484. The number of nitro benzene ring substituents is 1. The predicted octanol–water partition coefficient (Wildman–Crippen LogP) is 2.82. The van der Waals surface area contributed by atoms with Gasteiger partial charge in [-0.1, -0.05) is 12.1 Å². The lowest BCUT2D eigenvalue weighted by Gasteiger charge is -2.10. The molecule has 144 valence electrons. The van der Waals surface area contributed by atoms with Gasteiger partial charge in [-0.3, -0.25) is 14.9 Å². The number of amides is 1. The minimum Gasteiger partial charge on any atom is -0.465 e. The fraction of sp³-hybridized carbons (Fsp3) is 0.105. The number of nitro groups is 1. The Kier molecular flexibility index (Phi) is 6.58. The number of ether oxygens (including phenoxy) is 2. The third-order valence-electron chi connectivity index (χ3n) is 3.61. The Hall–Kier alpha value is -4.01. The summed E-state index contributed by atoms with van der Waals surface area (Å²) in [6.45, 7) is 0. The summed E-state index contributed by atoms with van der Waals surface area (Å²) in [6.07, 6.45) is 2.52. The first-order chi connectivity index (χ1) is 13.3. The summed E-state index contributed by atoms with van der Waals surface area (Å²) in [5.74, 6) is -1.95. The van der Waals surface area contributed by atoms with Crippen molar-refractivity contribution in [3.63, 3.8) is 0 Å². The Bertz CT molecular complexity index is 967. The molecule has 0 saturated heterocycles. The molecule has 0 saturated carbocycles. The molecule has 1 amide bonds. The molecule has 0 bridgehead atoms. The number of rotatable bonds is 6. The maximum Gasteiger partial charge on any atom is 0.339 e. The van der Waals surface area contributed by atoms with Gasteiger partial charge in [0.05, 0.1) is 36.0 Å². The van der Waals surface area contributed by atoms with Gasteiger partial charge >= 0.3 is 11.9 Å². The quantitative estimate of drug-likeness (QED) is 0.351. The topological polar surface area (TPSA) is 125 Å². The number of non-ortho nitro benzene ring substituents is 1. The maximum atomic E-state index is 12.2. The van der Waals surface area contributed by atoms with Crippen molar-refractivity contribution < 1.29 is 28.8 Å². The van der Waals surface area contributed by atoms with E-state index in [2.05, 4.69) is 14.8 Å². The molecule has 0 aliphatic heterocycles. The normalized spacial score (nSPS) is 10.4. The zero-order valence-corrected chi connectivity index (χ0v) is 15.0. The van der Waals surface area contributed by atoms with Gasteiger partial charge in [0.2, 0.25) is 5.91 Å². The van der Waals surface area contributed by atoms with E-state index in [1.807, 2.05) is 0 Å². The van der Waals surface area contributed by atoms with Crippen LogP contribution in [0.25, 0.3) is 6.08 Å². The molecule has 2 rings (SSSR count). The van der Waals surface area contributed by atoms with Crippen LogP contribution in [0.15, 0.2) is 48.5 Å². The van der Waals surface area contributed by atoms with Crippen LogP contribution < -0.4 is 5.32 Å². The van der Waals surface area contributed by atoms with Gasteiger partial charge in [0.1, 0.15) is 0 Å². The van der Waals surface area contributed by atoms with Gasteiger partial charge in [0.25, 0.3) is 5.69 Å². The van der Waals surface area contributed by atoms with Crippen molar-refractivity contribution >= 4 is 35.3 Å². The van der Waals surface area contributed by atoms with Crippen molar-refractivity contribution in [3.8, 4) is 0 Å². The van der Waals surface area contributed by atoms with E-state index in [-0.39, 0.29) is 22.5 Å². The van der Waals surface area contributed by atoms with Crippen molar-refractivity contribution in [2.45, 2.75) is 0 Å². The zero-order valence-electron chi connectivity index (χ0n) is 15.0. The highest BCUT2D eigenvalue weighted by atomic mass is 16.6. The standard InChI is InChI=1S/C19H16N2O7/c1-27-18(23)13-7-8-15(19(24)28-2)16(11-13)20-17(22)9-6-12-4-3-5-14(10-12)21(25)26/h3-11H,1-2H3,(H,20,22)/b9-6+. The van der Waals surface area contributed by atoms with E-state index in [0.717, 1.165) is 6.08 Å². The fourth-order valence-electron chi connectivity index (χ4n) is 2.27. The summed E-state index contributed by atoms with van der Waals surface area (Å²) in [4.78, 5) is 46.0. The number of benzene rings is 2. The molecule has 0 aromatic heterocycles. The number of carbonyl (C=O) groups excluding carboxylic acids is 3. The van der Waals surface area contributed by atoms with E-state index in [1.54, 1.807) is 6.07 Å². The van der Waals surface area contributed by atoms with Crippen LogP contribution in [0.4, 0.5) is 11.4 Å². The zero-order chi connectivity index (χ0) is 20.7. The Labute approximate surface area is 159 Å². The van der Waals surface area contributed by atoms with Gasteiger partial charge in [-0.15, -0.1) is 0 Å². The highest BCUT2D eigenvalue weighted by molar-refractivity contribution is 6.07. The molecule has 9 nitrogen and oxygen atoms in total. The van der Waals surface area contributed by atoms with Gasteiger partial charge in [-0.2, -0.15) is 0 Å². The van der Waals surface area contributed by atoms with Crippen molar-refractivity contribution in [1.29, 1.82) is 0 Å². The van der Waals surface area contributed by atoms with Crippen molar-refractivity contribution in [1.82, 2.24) is 0 Å². The maximum absolute atomic E-state index is 12.2. The molecule has 0 fully saturated rings. The van der Waals surface area contributed by atoms with Crippen LogP contribution in [-0.2, 0) is 14.3 Å². The molecule has 0 aliphatic rings. The molecular formula is C19H16N2O7. The van der Waals surface area contributed by atoms with Crippen LogP contribution in [0.2, 0.25) is 0 Å². The summed E-state index contributed by atoms with van der Waals surface area (Å²) in [5, 5.41) is 13.3. The number of nitrogens with one attached hydrogen (secondary N) is 1. The molecule has 0 aliphatic carbocycles. The Balaban J connectivity index is 2.26. The largest absolute Gasteiger partial charge is 0.465 e. The van der Waals surface area contributed by atoms with E-state index in [4.69, 9.17) is 0 Å². The molecule has 9 heteroatoms. The first kappa shape index (κ1) is 20.3. The Morgan fingerprint density at radius 2 is 1.75 bits per heavy atom. The number of anilines is 1. The lowest BCUT2D eigenvalue weighted by Crippen LogP contribution is -2.14. The van der Waals surface area contributed by atoms with Crippen molar-refractivity contribution in [2.24, 2.45) is 0 Å². The first-order valence-corrected chi connectivity index (χ1v) is 7.90. The van der Waals surface area contributed by atoms with Crippen molar-refractivity contribution in [3.05, 3.63) is 75.3 Å². The summed E-state index contributed by atoms with van der Waals surface area (Å²) in [7, 11) is 2.39. The Morgan fingerprint density at radius 1 is 1.04 bits per heavy atom. The second kappa shape index (κ2) is 9.08. The molecule has 0 atom stereocenters. The Morgan fingerprint density at radius 3 is 2.39 bits per heavy atom. The van der Waals surface area contributed by atoms with Gasteiger partial charge in [-0.05, 0) is 29.8 Å². The molecule has 0 radical (unpaired) electrons. The number of esters is 2. The summed E-state index contributed by atoms with van der Waals surface area (Å²) in [6, 6.07) is 9.71. The minimum atomic E-state index is -0.700. The van der Waals surface area contributed by atoms with Crippen LogP contribution >= 0.6 is 0 Å². The average molecular weight is 384 g/mol. The second-order valence-electron chi connectivity index (χ2n) is 5.42. The summed E-state index contributed by atoms with van der Waals surface area (Å²) in [5.41, 5.74) is 0.575. The molecular weight excluding hydrogens is 368 g/mol. The van der Waals surface area contributed by atoms with Crippen LogP contribution in [0.5, 0.6) is 0 Å². The third-order valence-corrected chi connectivity index (χ3v) is 3.61. The van der Waals surface area contributed by atoms with E-state index in [9.17, 15) is 24.5 Å². The van der Waals surface area contributed by atoms with Crippen LogP contribution in [-0.4, -0.2) is 37.0 Å². The van der Waals surface area contributed by atoms with Crippen LogP contribution in [0.3, 0.4) is 0 Å². The van der Waals surface area contributed by atoms with Crippen LogP contribution in [0, 0.1) is 10.1 Å². The third kappa shape index (κ3) is 5.01. The lowest BCUT2D eigenvalue weighted by molar-refractivity contribution is -0.384. The van der Waals surface area contributed by atoms with Crippen molar-refractivity contribution in [2.75, 3.05) is 19.5 Å². The van der Waals surface area contributed by atoms with Gasteiger partial charge in [0.15, 0.2) is 0 Å². The van der Waals surface area contributed by atoms with E-state index in [1.165, 1.54) is 56.7 Å². The van der Waals surface area contributed by atoms with E-state index in [0.29, 0.717) is 5.56 Å². The van der Waals surface area contributed by atoms with E-state index < -0.39 is 22.8 Å². The monoisotopic (exact) mass is 384 g/mol. The molecule has 2 aromatic rings. The number of carbonyl (C=O) groups is 3. The van der Waals surface area contributed by atoms with Gasteiger partial charge in [-0.25, -0.2) is 9.59 Å². The highest BCUT2D eigenvalue weighted by Gasteiger charge is 2.16. The predicted molar refractivity (Wildman–Crippen MR) is 99.9 cm³/mol. The van der Waals surface area contributed by atoms with E-state index >= 15 is 0 Å². The van der Waals surface area contributed by atoms with Gasteiger partial charge < -0.3 is 14.8 Å². The number of hydrogen-bond acceptors (Lipinski definition) is 7. The summed E-state index contributed by atoms with van der Waals surface area (Å²) >= 11 is 0. The number of methoxy groups -OCH3 is 2. The van der Waals surface area contributed by atoms with Crippen LogP contribution in [0.1, 0.15) is 26.3 Å². The molecule has 0 heterocycles. The average Bonchev–Trinajstić information content (AvgIpc) is 2.71. The number of hydrogen-bond donors (Lipinski definition) is 1. The highest BCUT2D eigenvalue weighted by Crippen LogP contribution is 2.20. The molecule has 0 unspecified atom stereocenters. The molecule has 2 aromatic carbocycles. The summed E-state index contributed by atoms with van der Waals surface area (Å²) < 4.78 is 9.28. The first-order valence-electron chi connectivity index (χ1n) is 7.90. The van der Waals surface area contributed by atoms with Gasteiger partial charge in [0, 0.05) is 18.2 Å². The number of nitrogens with zero attached hydrogens (tertiary/aromatic N) is 1. The lowest BCUT2D eigenvalue weighted by atomic mass is 10.1. The second-order valence-corrected chi connectivity index (χ2v) is 5.42. The molecule has 28 heavy (non-hydrogen) atoms. The smallest absolute Gasteiger partial charge is 0.339 e. The SMILES string of the molecule is COC(=O)c1ccc(C(=O)OC)c(NC(=O)/C=C/c2cccc([N+](=O)[O-])c2)c1. The molecule has 1 N–H and O–H groups in total. The molecule has 0 spiro atoms.